The molecule has 4 rings (SSSR count). The van der Waals surface area contributed by atoms with Crippen molar-refractivity contribution in [3.63, 3.8) is 0 Å². The summed E-state index contributed by atoms with van der Waals surface area (Å²) in [5.74, 6) is -1.00. The first-order valence-corrected chi connectivity index (χ1v) is 11.0. The largest absolute Gasteiger partial charge is 0.478 e. The molecule has 0 fully saturated rings. The van der Waals surface area contributed by atoms with Gasteiger partial charge in [0, 0.05) is 9.77 Å². The molecule has 30 heavy (non-hydrogen) atoms. The Balaban J connectivity index is 1.91. The van der Waals surface area contributed by atoms with Gasteiger partial charge in [-0.1, -0.05) is 66.7 Å². The zero-order chi connectivity index (χ0) is 20.9. The lowest BCUT2D eigenvalue weighted by atomic mass is 9.96. The lowest BCUT2D eigenvalue weighted by molar-refractivity contribution is 0.0694. The highest BCUT2D eigenvalue weighted by molar-refractivity contribution is 7.99. The molecular weight excluding hydrogens is 410 g/mol. The molecule has 3 nitrogen and oxygen atoms in total. The van der Waals surface area contributed by atoms with Crippen molar-refractivity contribution >= 4 is 29.1 Å². The fourth-order valence-corrected chi connectivity index (χ4v) is 5.11. The highest BCUT2D eigenvalue weighted by Gasteiger charge is 2.23. The van der Waals surface area contributed by atoms with E-state index in [9.17, 15) is 15.2 Å². The fourth-order valence-electron chi connectivity index (χ4n) is 3.28. The van der Waals surface area contributed by atoms with Crippen molar-refractivity contribution in [2.45, 2.75) is 10.1 Å². The Morgan fingerprint density at radius 2 is 1.63 bits per heavy atom. The van der Waals surface area contributed by atoms with Crippen LogP contribution in [-0.2, 0) is 0 Å². The van der Waals surface area contributed by atoms with Crippen molar-refractivity contribution in [3.05, 3.63) is 101 Å². The van der Waals surface area contributed by atoms with Crippen molar-refractivity contribution in [2.75, 3.05) is 0 Å². The molecule has 5 heteroatoms. The number of carboxylic acids is 1. The van der Waals surface area contributed by atoms with Gasteiger partial charge in [0.25, 0.3) is 0 Å². The van der Waals surface area contributed by atoms with Crippen molar-refractivity contribution in [3.8, 4) is 27.6 Å². The predicted octanol–water partition coefficient (Wildman–Crippen LogP) is 7.14. The van der Waals surface area contributed by atoms with Crippen molar-refractivity contribution in [2.24, 2.45) is 0 Å². The molecule has 0 spiro atoms. The monoisotopic (exact) mass is 427 g/mol. The topological polar surface area (TPSA) is 61.1 Å². The summed E-state index contributed by atoms with van der Waals surface area (Å²) in [5.41, 5.74) is 3.51. The molecule has 0 saturated carbocycles. The zero-order valence-corrected chi connectivity index (χ0v) is 17.5. The molecule has 1 heterocycles. The van der Waals surface area contributed by atoms with Crippen LogP contribution in [0.15, 0.2) is 95.2 Å². The summed E-state index contributed by atoms with van der Waals surface area (Å²) in [5, 5.41) is 21.4. The maximum absolute atomic E-state index is 12.3. The van der Waals surface area contributed by atoms with E-state index in [-0.39, 0.29) is 5.56 Å². The number of hydrogen-bond acceptors (Lipinski definition) is 4. The number of hydrogen-bond donors (Lipinski definition) is 1. The minimum absolute atomic E-state index is 0.225. The molecule has 0 bridgehead atoms. The van der Waals surface area contributed by atoms with Gasteiger partial charge in [-0.15, -0.1) is 23.1 Å². The van der Waals surface area contributed by atoms with Crippen LogP contribution in [-0.4, -0.2) is 11.1 Å². The van der Waals surface area contributed by atoms with Gasteiger partial charge < -0.3 is 5.11 Å². The van der Waals surface area contributed by atoms with Gasteiger partial charge in [0.15, 0.2) is 0 Å². The number of carbonyl (C=O) groups is 1. The van der Waals surface area contributed by atoms with Gasteiger partial charge in [-0.3, -0.25) is 0 Å². The molecule has 0 saturated heterocycles. The molecule has 4 aromatic rings. The standard InChI is InChI=1S/C25H17NO2S2/c26-16-23(18-10-5-2-6-11-18)30-22-15-19(21-12-7-13-29-21)14-20(24(22)25(27)28)17-8-3-1-4-9-17/h1-15,23H,(H,27,28). The maximum atomic E-state index is 12.3. The SMILES string of the molecule is N#CC(Sc1cc(-c2cccs2)cc(-c2ccccc2)c1C(=O)O)c1ccccc1. The summed E-state index contributed by atoms with van der Waals surface area (Å²) >= 11 is 2.88. The van der Waals surface area contributed by atoms with Gasteiger partial charge in [-0.2, -0.15) is 5.26 Å². The van der Waals surface area contributed by atoms with Gasteiger partial charge >= 0.3 is 5.97 Å². The first-order valence-electron chi connectivity index (χ1n) is 9.29. The Morgan fingerprint density at radius 3 is 2.23 bits per heavy atom. The predicted molar refractivity (Wildman–Crippen MR) is 123 cm³/mol. The van der Waals surface area contributed by atoms with Crippen LogP contribution in [0.4, 0.5) is 0 Å². The summed E-state index contributed by atoms with van der Waals surface area (Å²) in [4.78, 5) is 14.0. The quantitative estimate of drug-likeness (QED) is 0.332. The van der Waals surface area contributed by atoms with Crippen LogP contribution in [0, 0.1) is 11.3 Å². The Labute approximate surface area is 183 Å². The average molecular weight is 428 g/mol. The minimum atomic E-state index is -1.00. The number of nitriles is 1. The third-order valence-electron chi connectivity index (χ3n) is 4.67. The lowest BCUT2D eigenvalue weighted by Gasteiger charge is -2.16. The summed E-state index contributed by atoms with van der Waals surface area (Å²) in [6, 6.07) is 29.1. The number of carboxylic acid groups (broad SMARTS) is 1. The minimum Gasteiger partial charge on any atom is -0.478 e. The molecule has 0 aliphatic rings. The van der Waals surface area contributed by atoms with Crippen molar-refractivity contribution < 1.29 is 9.90 Å². The first-order chi connectivity index (χ1) is 14.7. The van der Waals surface area contributed by atoms with E-state index in [1.165, 1.54) is 11.8 Å². The molecule has 1 atom stereocenters. The normalized spacial score (nSPS) is 11.6. The summed E-state index contributed by atoms with van der Waals surface area (Å²) in [6.07, 6.45) is 0. The number of rotatable bonds is 6. The first kappa shape index (κ1) is 20.0. The lowest BCUT2D eigenvalue weighted by Crippen LogP contribution is -2.04. The van der Waals surface area contributed by atoms with Gasteiger partial charge in [0.1, 0.15) is 5.25 Å². The Morgan fingerprint density at radius 1 is 0.933 bits per heavy atom. The fraction of sp³-hybridized carbons (Fsp3) is 0.0400. The molecule has 1 N–H and O–H groups in total. The Bertz CT molecular complexity index is 1200. The van der Waals surface area contributed by atoms with E-state index >= 15 is 0 Å². The van der Waals surface area contributed by atoms with Crippen LogP contribution < -0.4 is 0 Å². The second-order valence-electron chi connectivity index (χ2n) is 6.58. The smallest absolute Gasteiger partial charge is 0.337 e. The highest BCUT2D eigenvalue weighted by Crippen LogP contribution is 2.43. The van der Waals surface area contributed by atoms with Gasteiger partial charge in [0.05, 0.1) is 11.6 Å². The van der Waals surface area contributed by atoms with Crippen LogP contribution in [0.3, 0.4) is 0 Å². The van der Waals surface area contributed by atoms with E-state index in [1.807, 2.05) is 90.3 Å². The van der Waals surface area contributed by atoms with Gasteiger partial charge in [-0.25, -0.2) is 4.79 Å². The van der Waals surface area contributed by atoms with E-state index in [0.717, 1.165) is 21.6 Å². The van der Waals surface area contributed by atoms with Crippen molar-refractivity contribution in [1.29, 1.82) is 5.26 Å². The molecule has 0 radical (unpaired) electrons. The molecule has 0 amide bonds. The molecule has 146 valence electrons. The second kappa shape index (κ2) is 9.00. The molecule has 0 aliphatic heterocycles. The zero-order valence-electron chi connectivity index (χ0n) is 15.9. The Hall–Kier alpha value is -3.33. The Kier molecular flexibility index (Phi) is 5.99. The maximum Gasteiger partial charge on any atom is 0.337 e. The van der Waals surface area contributed by atoms with Crippen LogP contribution in [0.25, 0.3) is 21.6 Å². The number of benzene rings is 3. The summed E-state index contributed by atoms with van der Waals surface area (Å²) < 4.78 is 0. The van der Waals surface area contributed by atoms with Crippen LogP contribution in [0.1, 0.15) is 21.2 Å². The molecule has 3 aromatic carbocycles. The summed E-state index contributed by atoms with van der Waals surface area (Å²) in [7, 11) is 0. The molecule has 1 aromatic heterocycles. The number of nitrogens with zero attached hydrogens (tertiary/aromatic N) is 1. The number of aromatic carboxylic acids is 1. The second-order valence-corrected chi connectivity index (χ2v) is 8.68. The molecular formula is C25H17NO2S2. The molecule has 0 aliphatic carbocycles. The summed E-state index contributed by atoms with van der Waals surface area (Å²) in [6.45, 7) is 0. The van der Waals surface area contributed by atoms with E-state index in [1.54, 1.807) is 11.3 Å². The van der Waals surface area contributed by atoms with E-state index < -0.39 is 11.2 Å². The van der Waals surface area contributed by atoms with Gasteiger partial charge in [0.2, 0.25) is 0 Å². The molecule has 1 unspecified atom stereocenters. The van der Waals surface area contributed by atoms with E-state index in [2.05, 4.69) is 6.07 Å². The van der Waals surface area contributed by atoms with Crippen LogP contribution in [0.5, 0.6) is 0 Å². The van der Waals surface area contributed by atoms with Crippen LogP contribution in [0.2, 0.25) is 0 Å². The number of thioether (sulfide) groups is 1. The highest BCUT2D eigenvalue weighted by atomic mass is 32.2. The third-order valence-corrected chi connectivity index (χ3v) is 6.78. The third kappa shape index (κ3) is 4.16. The van der Waals surface area contributed by atoms with Crippen molar-refractivity contribution in [1.82, 2.24) is 0 Å². The average Bonchev–Trinajstić information content (AvgIpc) is 3.33. The van der Waals surface area contributed by atoms with E-state index in [4.69, 9.17) is 0 Å². The van der Waals surface area contributed by atoms with E-state index in [0.29, 0.717) is 10.5 Å². The number of thiophene rings is 1. The van der Waals surface area contributed by atoms with Crippen LogP contribution >= 0.6 is 23.1 Å². The van der Waals surface area contributed by atoms with Gasteiger partial charge in [-0.05, 0) is 45.8 Å².